The number of carbonyl (C=O) groups excluding carboxylic acids is 1. The number of anilines is 1. The number of rotatable bonds is 1. The third-order valence-electron chi connectivity index (χ3n) is 2.80. The average Bonchev–Trinajstić information content (AvgIpc) is 2.84. The first kappa shape index (κ1) is 24.7. The molecule has 0 unspecified atom stereocenters. The van der Waals surface area contributed by atoms with Gasteiger partial charge in [0.15, 0.2) is 0 Å². The topological polar surface area (TPSA) is 94.2 Å². The van der Waals surface area contributed by atoms with Crippen molar-refractivity contribution in [1.29, 1.82) is 0 Å². The van der Waals surface area contributed by atoms with Crippen LogP contribution in [0.3, 0.4) is 0 Å². The molecule has 6 nitrogen and oxygen atoms in total. The normalized spacial score (nSPS) is 11.3. The molecule has 1 aromatic heterocycles. The van der Waals surface area contributed by atoms with Crippen LogP contribution < -0.4 is 5.32 Å². The third-order valence-corrected chi connectivity index (χ3v) is 3.29. The summed E-state index contributed by atoms with van der Waals surface area (Å²) >= 11 is 3.10. The molecule has 3 rings (SSSR count). The Labute approximate surface area is 174 Å². The van der Waals surface area contributed by atoms with Crippen LogP contribution in [0.1, 0.15) is 11.3 Å². The second-order valence-electron chi connectivity index (χ2n) is 4.17. The molecule has 0 radical (unpaired) electrons. The number of amides is 1. The van der Waals surface area contributed by atoms with Crippen molar-refractivity contribution in [3.8, 4) is 0 Å². The number of pyridine rings is 1. The van der Waals surface area contributed by atoms with Gasteiger partial charge in [0.25, 0.3) is 0 Å². The number of fused-ring (bicyclic) bond motifs is 1. The minimum absolute atomic E-state index is 0.109. The van der Waals surface area contributed by atoms with Crippen molar-refractivity contribution >= 4 is 52.6 Å². The Bertz CT molecular complexity index is 780. The van der Waals surface area contributed by atoms with Gasteiger partial charge in [0.1, 0.15) is 6.54 Å². The fraction of sp³-hybridized carbons (Fsp3) is 0.0625. The van der Waals surface area contributed by atoms with Gasteiger partial charge in [-0.25, -0.2) is 0 Å². The summed E-state index contributed by atoms with van der Waals surface area (Å²) in [6.07, 6.45) is 1.72. The van der Waals surface area contributed by atoms with Gasteiger partial charge in [0.05, 0.1) is 17.1 Å². The van der Waals surface area contributed by atoms with E-state index in [0.29, 0.717) is 0 Å². The molecule has 0 fully saturated rings. The fourth-order valence-corrected chi connectivity index (χ4v) is 2.33. The van der Waals surface area contributed by atoms with Crippen molar-refractivity contribution in [2.24, 2.45) is 4.99 Å². The first-order chi connectivity index (χ1) is 12.7. The summed E-state index contributed by atoms with van der Waals surface area (Å²) < 4.78 is 15.9. The van der Waals surface area contributed by atoms with Crippen molar-refractivity contribution in [3.63, 3.8) is 0 Å². The number of aliphatic imine (C=N–C) groups is 1. The molecule has 1 aromatic carbocycles. The molecule has 2 aromatic rings. The van der Waals surface area contributed by atoms with Crippen molar-refractivity contribution < 1.29 is 29.2 Å². The predicted octanol–water partition coefficient (Wildman–Crippen LogP) is 3.94. The molecular formula is C16H10BrCl2N3O3Ru. The molecule has 1 amide bonds. The van der Waals surface area contributed by atoms with Gasteiger partial charge in [0, 0.05) is 16.2 Å². The summed E-state index contributed by atoms with van der Waals surface area (Å²) in [5.41, 5.74) is 3.13. The van der Waals surface area contributed by atoms with Crippen molar-refractivity contribution in [2.45, 2.75) is 0 Å². The van der Waals surface area contributed by atoms with Crippen LogP contribution in [0.15, 0.2) is 52.1 Å². The number of carbonyl (C=O) groups is 1. The SMILES string of the molecule is O=C1CN=C(c2ccccn2)c2cc(Br)ccc2N1.[C-]#[O+].[C-]#[O+].[Cl][Ru][Cl]. The van der Waals surface area contributed by atoms with Crippen LogP contribution in [0.4, 0.5) is 5.69 Å². The summed E-state index contributed by atoms with van der Waals surface area (Å²) in [5.74, 6) is -0.116. The van der Waals surface area contributed by atoms with Gasteiger partial charge < -0.3 is 5.32 Å². The van der Waals surface area contributed by atoms with E-state index in [1.165, 1.54) is 0 Å². The average molecular weight is 544 g/mol. The van der Waals surface area contributed by atoms with E-state index in [1.54, 1.807) is 6.20 Å². The second kappa shape index (κ2) is 14.8. The second-order valence-corrected chi connectivity index (χ2v) is 7.72. The van der Waals surface area contributed by atoms with E-state index < -0.39 is 0 Å². The van der Waals surface area contributed by atoms with E-state index in [2.05, 4.69) is 44.5 Å². The van der Waals surface area contributed by atoms with Crippen LogP contribution >= 0.6 is 35.3 Å². The van der Waals surface area contributed by atoms with Gasteiger partial charge in [-0.3, -0.25) is 14.8 Å². The van der Waals surface area contributed by atoms with Gasteiger partial charge in [-0.2, -0.15) is 0 Å². The molecule has 1 aliphatic heterocycles. The summed E-state index contributed by atoms with van der Waals surface area (Å²) in [6, 6.07) is 11.3. The zero-order valence-electron chi connectivity index (χ0n) is 12.9. The number of nitrogens with one attached hydrogen (secondary N) is 1. The Morgan fingerprint density at radius 3 is 2.38 bits per heavy atom. The number of hydrogen-bond donors (Lipinski definition) is 1. The van der Waals surface area contributed by atoms with E-state index in [4.69, 9.17) is 28.7 Å². The van der Waals surface area contributed by atoms with Crippen LogP contribution in [-0.2, 0) is 29.2 Å². The van der Waals surface area contributed by atoms with Crippen molar-refractivity contribution in [3.05, 3.63) is 71.6 Å². The van der Waals surface area contributed by atoms with E-state index in [0.717, 1.165) is 27.1 Å². The number of benzene rings is 1. The number of hydrogen-bond acceptors (Lipinski definition) is 3. The first-order valence-electron chi connectivity index (χ1n) is 6.47. The molecule has 26 heavy (non-hydrogen) atoms. The van der Waals surface area contributed by atoms with E-state index in [1.807, 2.05) is 36.4 Å². The minimum atomic E-state index is -0.346. The van der Waals surface area contributed by atoms with Crippen LogP contribution in [-0.4, -0.2) is 23.1 Å². The summed E-state index contributed by atoms with van der Waals surface area (Å²) in [4.78, 5) is 20.3. The quantitative estimate of drug-likeness (QED) is 0.335. The number of nitrogens with zero attached hydrogens (tertiary/aromatic N) is 2. The number of benzodiazepines with no additional fused rings is 1. The molecule has 1 aliphatic rings. The zero-order valence-corrected chi connectivity index (χ0v) is 17.7. The molecule has 0 atom stereocenters. The summed E-state index contributed by atoms with van der Waals surface area (Å²) in [7, 11) is 9.71. The van der Waals surface area contributed by atoms with Crippen molar-refractivity contribution in [1.82, 2.24) is 4.98 Å². The summed E-state index contributed by atoms with van der Waals surface area (Å²) in [5, 5.41) is 2.85. The van der Waals surface area contributed by atoms with Crippen LogP contribution in [0.5, 0.6) is 0 Å². The van der Waals surface area contributed by atoms with Gasteiger partial charge >= 0.3 is 57.1 Å². The Morgan fingerprint density at radius 2 is 1.81 bits per heavy atom. The molecule has 0 saturated heterocycles. The molecule has 2 heterocycles. The van der Waals surface area contributed by atoms with E-state index in [-0.39, 0.29) is 27.6 Å². The zero-order chi connectivity index (χ0) is 19.9. The Kier molecular flexibility index (Phi) is 14.0. The molecule has 0 aliphatic carbocycles. The molecule has 1 N–H and O–H groups in total. The number of aromatic nitrogens is 1. The maximum atomic E-state index is 11.7. The molecule has 0 spiro atoms. The first-order valence-corrected chi connectivity index (χ1v) is 11.7. The van der Waals surface area contributed by atoms with Gasteiger partial charge in [-0.15, -0.1) is 0 Å². The summed E-state index contributed by atoms with van der Waals surface area (Å²) in [6.45, 7) is 9.11. The molecule has 0 saturated carbocycles. The van der Waals surface area contributed by atoms with Crippen LogP contribution in [0.25, 0.3) is 0 Å². The molecule has 136 valence electrons. The van der Waals surface area contributed by atoms with Gasteiger partial charge in [0.2, 0.25) is 5.91 Å². The predicted molar refractivity (Wildman–Crippen MR) is 97.1 cm³/mol. The monoisotopic (exact) mass is 543 g/mol. The molecular weight excluding hydrogens is 534 g/mol. The Balaban J connectivity index is 0.000000793. The fourth-order valence-electron chi connectivity index (χ4n) is 1.97. The van der Waals surface area contributed by atoms with Gasteiger partial charge in [-0.1, -0.05) is 22.0 Å². The Hall–Kier alpha value is -1.33. The van der Waals surface area contributed by atoms with Crippen LogP contribution in [0, 0.1) is 13.3 Å². The van der Waals surface area contributed by atoms with E-state index >= 15 is 0 Å². The number of halogens is 3. The maximum absolute atomic E-state index is 11.7. The molecule has 0 bridgehead atoms. The molecule has 10 heteroatoms. The Morgan fingerprint density at radius 1 is 1.15 bits per heavy atom. The third kappa shape index (κ3) is 7.92. The van der Waals surface area contributed by atoms with E-state index in [9.17, 15) is 4.79 Å². The standard InChI is InChI=1S/C14H10BrN3O.2CO.2ClH.Ru/c15-9-4-5-11-10(7-9)14(17-8-13(19)18-11)12-3-1-2-6-16-12;2*1-2;;;/h1-7H,8H2,(H,18,19);;;2*1H;/q;;;;;+2/p-2. The van der Waals surface area contributed by atoms with Gasteiger partial charge in [-0.05, 0) is 30.3 Å². The van der Waals surface area contributed by atoms with Crippen LogP contribution in [0.2, 0.25) is 0 Å². The van der Waals surface area contributed by atoms with Crippen molar-refractivity contribution in [2.75, 3.05) is 11.9 Å².